The average Bonchev–Trinajstić information content (AvgIpc) is 2.53. The van der Waals surface area contributed by atoms with Crippen molar-refractivity contribution in [2.75, 3.05) is 18.8 Å². The van der Waals surface area contributed by atoms with Gasteiger partial charge in [-0.25, -0.2) is 0 Å². The summed E-state index contributed by atoms with van der Waals surface area (Å²) in [6.45, 7) is 5.93. The zero-order valence-electron chi connectivity index (χ0n) is 11.7. The summed E-state index contributed by atoms with van der Waals surface area (Å²) in [5.41, 5.74) is 0.350. The Morgan fingerprint density at radius 2 is 2.11 bits per heavy atom. The van der Waals surface area contributed by atoms with E-state index in [4.69, 9.17) is 0 Å². The maximum Gasteiger partial charge on any atom is 0.254 e. The summed E-state index contributed by atoms with van der Waals surface area (Å²) in [5.74, 6) is 0.917. The van der Waals surface area contributed by atoms with Crippen LogP contribution < -0.4 is 5.56 Å². The minimum Gasteiger partial charge on any atom is -0.338 e. The summed E-state index contributed by atoms with van der Waals surface area (Å²) in [6, 6.07) is 3.14. The molecule has 0 radical (unpaired) electrons. The predicted octanol–water partition coefficient (Wildman–Crippen LogP) is 1.74. The first kappa shape index (κ1) is 14.2. The molecule has 0 unspecified atom stereocenters. The topological polar surface area (TPSA) is 42.3 Å². The van der Waals surface area contributed by atoms with Gasteiger partial charge >= 0.3 is 0 Å². The number of carbonyl (C=O) groups is 1. The second-order valence-electron chi connectivity index (χ2n) is 5.51. The van der Waals surface area contributed by atoms with Crippen molar-refractivity contribution < 1.29 is 4.79 Å². The fraction of sp³-hybridized carbons (Fsp3) is 0.571. The van der Waals surface area contributed by atoms with E-state index in [1.165, 1.54) is 10.6 Å². The van der Waals surface area contributed by atoms with Crippen molar-refractivity contribution in [1.29, 1.82) is 0 Å². The maximum atomic E-state index is 12.4. The second kappa shape index (κ2) is 5.41. The Bertz CT molecular complexity index is 536. The van der Waals surface area contributed by atoms with Crippen LogP contribution in [0.2, 0.25) is 0 Å². The van der Waals surface area contributed by atoms with E-state index in [9.17, 15) is 9.59 Å². The van der Waals surface area contributed by atoms with E-state index in [-0.39, 0.29) is 16.2 Å². The number of thioether (sulfide) groups is 1. The lowest BCUT2D eigenvalue weighted by Gasteiger charge is -2.22. The molecule has 0 bridgehead atoms. The van der Waals surface area contributed by atoms with Crippen LogP contribution in [0.4, 0.5) is 0 Å². The summed E-state index contributed by atoms with van der Waals surface area (Å²) in [5, 5.41) is 0. The zero-order chi connectivity index (χ0) is 14.0. The zero-order valence-corrected chi connectivity index (χ0v) is 12.5. The summed E-state index contributed by atoms with van der Waals surface area (Å²) in [6.07, 6.45) is 2.63. The Morgan fingerprint density at radius 3 is 2.79 bits per heavy atom. The number of carbonyl (C=O) groups excluding carboxylic acids is 1. The lowest BCUT2D eigenvalue weighted by Crippen LogP contribution is -2.34. The van der Waals surface area contributed by atoms with Crippen molar-refractivity contribution in [3.8, 4) is 0 Å². The van der Waals surface area contributed by atoms with Crippen molar-refractivity contribution >= 4 is 17.7 Å². The third-order valence-electron chi connectivity index (χ3n) is 3.48. The number of hydrogen-bond donors (Lipinski definition) is 0. The van der Waals surface area contributed by atoms with Gasteiger partial charge in [0.05, 0.1) is 0 Å². The van der Waals surface area contributed by atoms with Crippen LogP contribution in [0.25, 0.3) is 0 Å². The Hall–Kier alpha value is -1.23. The van der Waals surface area contributed by atoms with Gasteiger partial charge in [0, 0.05) is 48.5 Å². The molecule has 1 fully saturated rings. The first-order valence-corrected chi connectivity index (χ1v) is 7.47. The molecule has 5 heteroatoms. The number of aromatic nitrogens is 1. The van der Waals surface area contributed by atoms with E-state index in [1.54, 1.807) is 19.3 Å². The fourth-order valence-electron chi connectivity index (χ4n) is 2.09. The predicted molar refractivity (Wildman–Crippen MR) is 78.7 cm³/mol. The SMILES string of the molecule is Cn1ccc(C(=O)N2CCSC(C)(C)CC2)cc1=O. The molecule has 1 aromatic heterocycles. The highest BCUT2D eigenvalue weighted by Crippen LogP contribution is 2.30. The molecule has 0 saturated carbocycles. The lowest BCUT2D eigenvalue weighted by atomic mass is 10.1. The highest BCUT2D eigenvalue weighted by molar-refractivity contribution is 8.00. The first-order valence-electron chi connectivity index (χ1n) is 6.49. The van der Waals surface area contributed by atoms with Gasteiger partial charge in [-0.1, -0.05) is 13.8 Å². The molecule has 19 heavy (non-hydrogen) atoms. The van der Waals surface area contributed by atoms with Gasteiger partial charge in [-0.2, -0.15) is 11.8 Å². The van der Waals surface area contributed by atoms with E-state index in [2.05, 4.69) is 13.8 Å². The molecule has 0 atom stereocenters. The van der Waals surface area contributed by atoms with E-state index in [0.717, 1.165) is 25.3 Å². The summed E-state index contributed by atoms with van der Waals surface area (Å²) in [4.78, 5) is 25.8. The third kappa shape index (κ3) is 3.41. The number of nitrogens with zero attached hydrogens (tertiary/aromatic N) is 2. The molecule has 1 saturated heterocycles. The Labute approximate surface area is 117 Å². The summed E-state index contributed by atoms with van der Waals surface area (Å²) >= 11 is 1.90. The van der Waals surface area contributed by atoms with Crippen molar-refractivity contribution in [3.05, 3.63) is 34.2 Å². The highest BCUT2D eigenvalue weighted by Gasteiger charge is 2.26. The fourth-order valence-corrected chi connectivity index (χ4v) is 3.19. The Morgan fingerprint density at radius 1 is 1.37 bits per heavy atom. The molecule has 104 valence electrons. The molecule has 0 N–H and O–H groups in total. The van der Waals surface area contributed by atoms with Crippen LogP contribution in [0.1, 0.15) is 30.6 Å². The van der Waals surface area contributed by atoms with E-state index in [1.807, 2.05) is 16.7 Å². The van der Waals surface area contributed by atoms with Crippen molar-refractivity contribution in [3.63, 3.8) is 0 Å². The molecule has 1 aliphatic heterocycles. The highest BCUT2D eigenvalue weighted by atomic mass is 32.2. The first-order chi connectivity index (χ1) is 8.89. The molecule has 2 heterocycles. The Kier molecular flexibility index (Phi) is 4.04. The van der Waals surface area contributed by atoms with Crippen LogP contribution in [-0.4, -0.2) is 39.0 Å². The normalized spacial score (nSPS) is 19.0. The number of aryl methyl sites for hydroxylation is 1. The smallest absolute Gasteiger partial charge is 0.254 e. The van der Waals surface area contributed by atoms with Gasteiger partial charge in [-0.15, -0.1) is 0 Å². The maximum absolute atomic E-state index is 12.4. The van der Waals surface area contributed by atoms with Crippen LogP contribution in [0.5, 0.6) is 0 Å². The standard InChI is InChI=1S/C14H20N2O2S/c1-14(2)5-7-16(8-9-19-14)13(18)11-4-6-15(3)12(17)10-11/h4,6,10H,5,7-9H2,1-3H3. The average molecular weight is 280 g/mol. The summed E-state index contributed by atoms with van der Waals surface area (Å²) in [7, 11) is 1.68. The van der Waals surface area contributed by atoms with Gasteiger partial charge in [-0.05, 0) is 12.5 Å². The second-order valence-corrected chi connectivity index (χ2v) is 7.32. The molecule has 2 rings (SSSR count). The Balaban J connectivity index is 2.15. The van der Waals surface area contributed by atoms with Gasteiger partial charge in [0.15, 0.2) is 0 Å². The summed E-state index contributed by atoms with van der Waals surface area (Å²) < 4.78 is 1.69. The van der Waals surface area contributed by atoms with Crippen molar-refractivity contribution in [2.45, 2.75) is 25.0 Å². The lowest BCUT2D eigenvalue weighted by molar-refractivity contribution is 0.0764. The molecular weight excluding hydrogens is 260 g/mol. The minimum absolute atomic E-state index is 0.0315. The van der Waals surface area contributed by atoms with Gasteiger partial charge < -0.3 is 9.47 Å². The van der Waals surface area contributed by atoms with Crippen molar-refractivity contribution in [1.82, 2.24) is 9.47 Å². The molecule has 0 aliphatic carbocycles. The monoisotopic (exact) mass is 280 g/mol. The third-order valence-corrected chi connectivity index (χ3v) is 4.85. The number of rotatable bonds is 1. The quantitative estimate of drug-likeness (QED) is 0.787. The van der Waals surface area contributed by atoms with Crippen LogP contribution >= 0.6 is 11.8 Å². The molecule has 1 aromatic rings. The van der Waals surface area contributed by atoms with Crippen LogP contribution in [0.3, 0.4) is 0 Å². The molecular formula is C14H20N2O2S. The number of pyridine rings is 1. The van der Waals surface area contributed by atoms with E-state index >= 15 is 0 Å². The molecule has 4 nitrogen and oxygen atoms in total. The molecule has 0 spiro atoms. The van der Waals surface area contributed by atoms with Crippen molar-refractivity contribution in [2.24, 2.45) is 7.05 Å². The number of amides is 1. The minimum atomic E-state index is -0.143. The largest absolute Gasteiger partial charge is 0.338 e. The van der Waals surface area contributed by atoms with Crippen LogP contribution in [0, 0.1) is 0 Å². The molecule has 1 aliphatic rings. The molecule has 0 aromatic carbocycles. The van der Waals surface area contributed by atoms with E-state index < -0.39 is 0 Å². The van der Waals surface area contributed by atoms with E-state index in [0.29, 0.717) is 5.56 Å². The van der Waals surface area contributed by atoms with Gasteiger partial charge in [0.2, 0.25) is 0 Å². The molecule has 1 amide bonds. The van der Waals surface area contributed by atoms with Gasteiger partial charge in [-0.3, -0.25) is 9.59 Å². The van der Waals surface area contributed by atoms with Gasteiger partial charge in [0.1, 0.15) is 0 Å². The van der Waals surface area contributed by atoms with Crippen LogP contribution in [0.15, 0.2) is 23.1 Å². The number of hydrogen-bond acceptors (Lipinski definition) is 3. The van der Waals surface area contributed by atoms with Gasteiger partial charge in [0.25, 0.3) is 11.5 Å². The van der Waals surface area contributed by atoms with Crippen LogP contribution in [-0.2, 0) is 7.05 Å².